The largest absolute Gasteiger partial charge is 0.397 e. The molecule has 0 N–H and O–H groups in total. The minimum Gasteiger partial charge on any atom is -0.236 e. The van der Waals surface area contributed by atoms with Crippen molar-refractivity contribution in [1.29, 1.82) is 0 Å². The smallest absolute Gasteiger partial charge is 0.236 e. The number of pyridine rings is 1. The summed E-state index contributed by atoms with van der Waals surface area (Å²) in [5, 5.41) is 0. The van der Waals surface area contributed by atoms with Gasteiger partial charge < -0.3 is 0 Å². The van der Waals surface area contributed by atoms with E-state index in [9.17, 15) is 4.79 Å². The molecular formula is C14H13N2OS+. The fraction of sp³-hybridized carbons (Fsp3) is 0.143. The van der Waals surface area contributed by atoms with Crippen LogP contribution in [0.15, 0.2) is 47.4 Å². The molecule has 1 aromatic carbocycles. The predicted molar refractivity (Wildman–Crippen MR) is 73.3 cm³/mol. The minimum atomic E-state index is 0.0566. The SMILES string of the molecule is Cc1cccc2sc(=O)n(-c3cccc[n+]3C)c12. The van der Waals surface area contributed by atoms with E-state index in [1.54, 1.807) is 4.57 Å². The van der Waals surface area contributed by atoms with Crippen LogP contribution in [0.4, 0.5) is 0 Å². The van der Waals surface area contributed by atoms with Gasteiger partial charge in [-0.2, -0.15) is 0 Å². The molecule has 2 heterocycles. The fourth-order valence-corrected chi connectivity index (χ4v) is 3.15. The van der Waals surface area contributed by atoms with Gasteiger partial charge in [-0.1, -0.05) is 18.2 Å². The Morgan fingerprint density at radius 2 is 2.00 bits per heavy atom. The third-order valence-corrected chi connectivity index (χ3v) is 3.97. The van der Waals surface area contributed by atoms with E-state index in [0.29, 0.717) is 0 Å². The molecule has 3 rings (SSSR count). The fourth-order valence-electron chi connectivity index (χ4n) is 2.19. The summed E-state index contributed by atoms with van der Waals surface area (Å²) in [6.45, 7) is 2.04. The van der Waals surface area contributed by atoms with E-state index in [1.807, 2.05) is 61.1 Å². The Hall–Kier alpha value is -1.94. The average molecular weight is 257 g/mol. The van der Waals surface area contributed by atoms with Crippen LogP contribution in [0.2, 0.25) is 0 Å². The molecule has 3 nitrogen and oxygen atoms in total. The Balaban J connectivity index is 2.47. The monoisotopic (exact) mass is 257 g/mol. The van der Waals surface area contributed by atoms with Crippen molar-refractivity contribution >= 4 is 21.6 Å². The number of benzene rings is 1. The van der Waals surface area contributed by atoms with Crippen LogP contribution in [0.1, 0.15) is 5.56 Å². The molecule has 4 heteroatoms. The summed E-state index contributed by atoms with van der Waals surface area (Å²) in [5.74, 6) is 0.892. The zero-order chi connectivity index (χ0) is 12.7. The molecule has 0 radical (unpaired) electrons. The summed E-state index contributed by atoms with van der Waals surface area (Å²) in [6.07, 6.45) is 1.95. The number of thiazole rings is 1. The van der Waals surface area contributed by atoms with Crippen LogP contribution in [-0.4, -0.2) is 4.57 Å². The third-order valence-electron chi connectivity index (χ3n) is 3.06. The molecule has 0 aliphatic heterocycles. The second-order valence-electron chi connectivity index (χ2n) is 4.29. The van der Waals surface area contributed by atoms with Gasteiger partial charge in [0.05, 0.1) is 17.9 Å². The van der Waals surface area contributed by atoms with E-state index in [-0.39, 0.29) is 4.87 Å². The number of hydrogen-bond acceptors (Lipinski definition) is 2. The first-order chi connectivity index (χ1) is 8.68. The lowest BCUT2D eigenvalue weighted by Crippen LogP contribution is -2.35. The number of fused-ring (bicyclic) bond motifs is 1. The summed E-state index contributed by atoms with van der Waals surface area (Å²) >= 11 is 1.29. The van der Waals surface area contributed by atoms with E-state index < -0.39 is 0 Å². The van der Waals surface area contributed by atoms with Gasteiger partial charge in [0.2, 0.25) is 0 Å². The number of para-hydroxylation sites is 1. The van der Waals surface area contributed by atoms with Gasteiger partial charge in [-0.3, -0.25) is 0 Å². The summed E-state index contributed by atoms with van der Waals surface area (Å²) in [4.78, 5) is 12.3. The van der Waals surface area contributed by atoms with Crippen LogP contribution < -0.4 is 9.44 Å². The van der Waals surface area contributed by atoms with Gasteiger partial charge >= 0.3 is 4.87 Å². The first-order valence-corrected chi connectivity index (χ1v) is 6.56. The van der Waals surface area contributed by atoms with Gasteiger partial charge in [-0.05, 0) is 36.0 Å². The first kappa shape index (κ1) is 11.2. The number of aryl methyl sites for hydroxylation is 2. The molecule has 0 spiro atoms. The van der Waals surface area contributed by atoms with Crippen molar-refractivity contribution in [3.8, 4) is 5.82 Å². The minimum absolute atomic E-state index is 0.0566. The molecule has 0 aliphatic rings. The molecule has 2 aromatic heterocycles. The highest BCUT2D eigenvalue weighted by atomic mass is 32.1. The maximum absolute atomic E-state index is 12.2. The maximum atomic E-state index is 12.2. The third kappa shape index (κ3) is 1.57. The Kier molecular flexibility index (Phi) is 2.52. The first-order valence-electron chi connectivity index (χ1n) is 5.74. The predicted octanol–water partition coefficient (Wildman–Crippen LogP) is 2.19. The number of rotatable bonds is 1. The van der Waals surface area contributed by atoms with Crippen LogP contribution in [0.25, 0.3) is 16.0 Å². The molecule has 0 bridgehead atoms. The van der Waals surface area contributed by atoms with Crippen LogP contribution in [0, 0.1) is 6.92 Å². The summed E-state index contributed by atoms with van der Waals surface area (Å²) < 4.78 is 4.78. The Morgan fingerprint density at radius 1 is 1.17 bits per heavy atom. The molecule has 0 fully saturated rings. The molecule has 0 amide bonds. The highest BCUT2D eigenvalue weighted by Gasteiger charge is 2.20. The summed E-state index contributed by atoms with van der Waals surface area (Å²) in [6, 6.07) is 11.9. The molecule has 0 unspecified atom stereocenters. The zero-order valence-corrected chi connectivity index (χ0v) is 11.1. The van der Waals surface area contributed by atoms with Crippen molar-refractivity contribution in [3.05, 3.63) is 57.8 Å². The molecule has 0 saturated carbocycles. The number of hydrogen-bond donors (Lipinski definition) is 0. The van der Waals surface area contributed by atoms with Crippen molar-refractivity contribution < 1.29 is 4.57 Å². The molecule has 0 aliphatic carbocycles. The second kappa shape index (κ2) is 4.07. The van der Waals surface area contributed by atoms with E-state index in [2.05, 4.69) is 0 Å². The molecule has 18 heavy (non-hydrogen) atoms. The maximum Gasteiger partial charge on any atom is 0.397 e. The van der Waals surface area contributed by atoms with Gasteiger partial charge in [0, 0.05) is 6.07 Å². The van der Waals surface area contributed by atoms with Gasteiger partial charge in [0.15, 0.2) is 5.52 Å². The van der Waals surface area contributed by atoms with E-state index in [1.165, 1.54) is 11.3 Å². The molecule has 0 atom stereocenters. The molecular weight excluding hydrogens is 244 g/mol. The normalized spacial score (nSPS) is 11.0. The van der Waals surface area contributed by atoms with Gasteiger partial charge in [-0.15, -0.1) is 4.57 Å². The molecule has 3 aromatic rings. The molecule has 90 valence electrons. The second-order valence-corrected chi connectivity index (χ2v) is 5.29. The summed E-state index contributed by atoms with van der Waals surface area (Å²) in [7, 11) is 1.95. The van der Waals surface area contributed by atoms with Crippen molar-refractivity contribution in [2.45, 2.75) is 6.92 Å². The Labute approximate surface area is 109 Å². The zero-order valence-electron chi connectivity index (χ0n) is 10.3. The number of nitrogens with zero attached hydrogens (tertiary/aromatic N) is 2. The van der Waals surface area contributed by atoms with Gasteiger partial charge in [-0.25, -0.2) is 9.36 Å². The average Bonchev–Trinajstić information content (AvgIpc) is 2.68. The topological polar surface area (TPSA) is 25.9 Å². The van der Waals surface area contributed by atoms with Crippen molar-refractivity contribution in [2.24, 2.45) is 7.05 Å². The quantitative estimate of drug-likeness (QED) is 0.614. The highest BCUT2D eigenvalue weighted by molar-refractivity contribution is 7.16. The Bertz CT molecular complexity index is 786. The van der Waals surface area contributed by atoms with Gasteiger partial charge in [0.1, 0.15) is 0 Å². The lowest BCUT2D eigenvalue weighted by atomic mass is 10.2. The standard InChI is InChI=1S/C14H13N2OS/c1-10-6-5-7-11-13(10)16(14(17)18-11)12-8-3-4-9-15(12)2/h3-9H,1-2H3/q+1. The number of aromatic nitrogens is 2. The van der Waals surface area contributed by atoms with E-state index >= 15 is 0 Å². The lowest BCUT2D eigenvalue weighted by Gasteiger charge is -2.01. The lowest BCUT2D eigenvalue weighted by molar-refractivity contribution is -0.665. The van der Waals surface area contributed by atoms with Crippen molar-refractivity contribution in [2.75, 3.05) is 0 Å². The van der Waals surface area contributed by atoms with Crippen LogP contribution in [-0.2, 0) is 7.05 Å². The van der Waals surface area contributed by atoms with E-state index in [4.69, 9.17) is 0 Å². The van der Waals surface area contributed by atoms with Crippen LogP contribution in [0.3, 0.4) is 0 Å². The highest BCUT2D eigenvalue weighted by Crippen LogP contribution is 2.22. The Morgan fingerprint density at radius 3 is 2.78 bits per heavy atom. The summed E-state index contributed by atoms with van der Waals surface area (Å²) in [5.41, 5.74) is 2.13. The van der Waals surface area contributed by atoms with Crippen LogP contribution in [0.5, 0.6) is 0 Å². The van der Waals surface area contributed by atoms with Gasteiger partial charge in [0.25, 0.3) is 5.82 Å². The van der Waals surface area contributed by atoms with E-state index in [0.717, 1.165) is 21.6 Å². The van der Waals surface area contributed by atoms with Crippen molar-refractivity contribution in [3.63, 3.8) is 0 Å². The molecule has 0 saturated heterocycles. The van der Waals surface area contributed by atoms with Crippen molar-refractivity contribution in [1.82, 2.24) is 4.57 Å². The van der Waals surface area contributed by atoms with Crippen LogP contribution >= 0.6 is 11.3 Å².